The Hall–Kier alpha value is -8.38. The average molecular weight is 932 g/mol. The number of fused-ring (bicyclic) bond motifs is 4. The first-order valence-electron chi connectivity index (χ1n) is 23.2. The second kappa shape index (κ2) is 19.3. The molecule has 14 nitrogen and oxygen atoms in total. The van der Waals surface area contributed by atoms with Gasteiger partial charge in [-0.25, -0.2) is 14.4 Å². The van der Waals surface area contributed by atoms with Crippen LogP contribution in [0, 0.1) is 17.8 Å². The first-order chi connectivity index (χ1) is 34.2. The van der Waals surface area contributed by atoms with Crippen LogP contribution in [0.3, 0.4) is 0 Å². The Kier molecular flexibility index (Phi) is 12.5. The number of rotatable bonds is 12. The normalized spacial score (nSPS) is 21.8. The smallest absolute Gasteiger partial charge is 0.329 e. The molecule has 1 spiro atoms. The van der Waals surface area contributed by atoms with Gasteiger partial charge in [-0.2, -0.15) is 0 Å². The van der Waals surface area contributed by atoms with Crippen molar-refractivity contribution in [3.63, 3.8) is 0 Å². The van der Waals surface area contributed by atoms with Crippen LogP contribution in [0.4, 0.5) is 10.5 Å². The number of carbonyl (C=O) groups is 4. The predicted octanol–water partition coefficient (Wildman–Crippen LogP) is 7.29. The molecule has 3 N–H and O–H groups in total. The number of aromatic nitrogens is 3. The molecule has 0 aliphatic carbocycles. The number of anilines is 1. The van der Waals surface area contributed by atoms with Crippen LogP contribution in [0.5, 0.6) is 5.75 Å². The van der Waals surface area contributed by atoms with E-state index in [1.807, 2.05) is 133 Å². The summed E-state index contributed by atoms with van der Waals surface area (Å²) < 4.78 is 14.3. The molecular formula is C56H49N7O7. The fourth-order valence-corrected chi connectivity index (χ4v) is 10.5. The maximum Gasteiger partial charge on any atom is 0.329 e. The van der Waals surface area contributed by atoms with Gasteiger partial charge in [-0.15, -0.1) is 11.7 Å². The quantitative estimate of drug-likeness (QED) is 0.0643. The van der Waals surface area contributed by atoms with Crippen LogP contribution in [-0.2, 0) is 31.1 Å². The first kappa shape index (κ1) is 45.4. The molecule has 6 aromatic carbocycles. The van der Waals surface area contributed by atoms with Gasteiger partial charge in [-0.3, -0.25) is 19.3 Å². The standard InChI is InChI=1S/C56H49N7O7/c1-3-30-57-52(65)47-49-53(66)70-50(40-22-11-6-12-23-40)48(39-20-9-5-10-21-39)63(49)51(41-24-15-25-42(35-41)69-33-32-64)56(47)43-34-37(17-16-31-61-46-27-14-13-26-44(46)59-60-61)28-29-45(43)62(54(56)67)55(68)58-36(2)38-18-7-4-8-19-38/h3-15,18-29,34-36,47-51,64H,1,30-33H2,2H3,(H,57,65)(H,58,68). The summed E-state index contributed by atoms with van der Waals surface area (Å²) >= 11 is 0. The highest BCUT2D eigenvalue weighted by Crippen LogP contribution is 2.66. The molecule has 70 heavy (non-hydrogen) atoms. The molecule has 0 saturated carbocycles. The average Bonchev–Trinajstić information content (AvgIpc) is 4.04. The highest BCUT2D eigenvalue weighted by Gasteiger charge is 2.75. The summed E-state index contributed by atoms with van der Waals surface area (Å²) in [4.78, 5) is 65.6. The topological polar surface area (TPSA) is 168 Å². The predicted molar refractivity (Wildman–Crippen MR) is 262 cm³/mol. The fourth-order valence-electron chi connectivity index (χ4n) is 10.5. The van der Waals surface area contributed by atoms with Crippen molar-refractivity contribution < 1.29 is 33.8 Å². The van der Waals surface area contributed by atoms with Gasteiger partial charge in [0.2, 0.25) is 11.8 Å². The number of morpholine rings is 1. The van der Waals surface area contributed by atoms with Crippen molar-refractivity contribution in [3.05, 3.63) is 204 Å². The Morgan fingerprint density at radius 2 is 1.56 bits per heavy atom. The zero-order chi connectivity index (χ0) is 48.4. The van der Waals surface area contributed by atoms with Crippen molar-refractivity contribution in [2.45, 2.75) is 49.2 Å². The lowest BCUT2D eigenvalue weighted by Crippen LogP contribution is -2.56. The molecule has 2 saturated heterocycles. The van der Waals surface area contributed by atoms with E-state index in [1.54, 1.807) is 41.1 Å². The van der Waals surface area contributed by atoms with Crippen LogP contribution in [0.15, 0.2) is 170 Å². The molecule has 350 valence electrons. The van der Waals surface area contributed by atoms with Gasteiger partial charge in [0, 0.05) is 12.1 Å². The van der Waals surface area contributed by atoms with Crippen LogP contribution >= 0.6 is 0 Å². The van der Waals surface area contributed by atoms with Crippen LogP contribution in [-0.4, -0.2) is 74.6 Å². The van der Waals surface area contributed by atoms with E-state index >= 15 is 19.2 Å². The third kappa shape index (κ3) is 7.94. The van der Waals surface area contributed by atoms with Crippen LogP contribution in [0.25, 0.3) is 11.0 Å². The van der Waals surface area contributed by atoms with Gasteiger partial charge >= 0.3 is 12.0 Å². The number of nitrogens with zero attached hydrogens (tertiary/aromatic N) is 5. The molecule has 7 atom stereocenters. The highest BCUT2D eigenvalue weighted by molar-refractivity contribution is 6.24. The van der Waals surface area contributed by atoms with Crippen molar-refractivity contribution >= 4 is 40.5 Å². The molecule has 0 radical (unpaired) electrons. The molecule has 7 aromatic rings. The number of cyclic esters (lactones) is 1. The maximum absolute atomic E-state index is 16.6. The van der Waals surface area contributed by atoms with Crippen LogP contribution in [0.2, 0.25) is 0 Å². The number of para-hydroxylation sites is 1. The zero-order valence-corrected chi connectivity index (χ0v) is 38.2. The molecule has 1 aromatic heterocycles. The molecular weight excluding hydrogens is 883 g/mol. The Bertz CT molecular complexity index is 3170. The summed E-state index contributed by atoms with van der Waals surface area (Å²) in [5.74, 6) is 3.29. The van der Waals surface area contributed by atoms with Crippen molar-refractivity contribution in [2.75, 3.05) is 24.7 Å². The number of nitrogens with one attached hydrogen (secondary N) is 2. The summed E-state index contributed by atoms with van der Waals surface area (Å²) in [6.45, 7) is 5.60. The minimum Gasteiger partial charge on any atom is -0.491 e. The number of urea groups is 1. The van der Waals surface area contributed by atoms with E-state index in [2.05, 4.69) is 39.4 Å². The van der Waals surface area contributed by atoms with E-state index in [4.69, 9.17) is 9.47 Å². The van der Waals surface area contributed by atoms with Gasteiger partial charge in [-0.1, -0.05) is 138 Å². The molecule has 0 bridgehead atoms. The molecule has 3 aliphatic rings. The summed E-state index contributed by atoms with van der Waals surface area (Å²) in [5.41, 5.74) is 3.29. The van der Waals surface area contributed by atoms with E-state index < -0.39 is 65.4 Å². The van der Waals surface area contributed by atoms with Crippen molar-refractivity contribution in [1.82, 2.24) is 30.5 Å². The van der Waals surface area contributed by atoms with E-state index in [0.29, 0.717) is 28.0 Å². The zero-order valence-electron chi connectivity index (χ0n) is 38.2. The van der Waals surface area contributed by atoms with E-state index in [1.165, 1.54) is 6.08 Å². The third-order valence-corrected chi connectivity index (χ3v) is 13.4. The molecule has 10 rings (SSSR count). The van der Waals surface area contributed by atoms with Gasteiger partial charge in [0.05, 0.1) is 41.9 Å². The van der Waals surface area contributed by atoms with E-state index in [0.717, 1.165) is 27.1 Å². The Balaban J connectivity index is 1.24. The Labute approximate surface area is 404 Å². The molecule has 14 heteroatoms. The fraction of sp³-hybridized carbons (Fsp3) is 0.214. The van der Waals surface area contributed by atoms with E-state index in [9.17, 15) is 5.11 Å². The number of esters is 1. The Morgan fingerprint density at radius 1 is 0.857 bits per heavy atom. The molecule has 4 heterocycles. The highest BCUT2D eigenvalue weighted by atomic mass is 16.6. The van der Waals surface area contributed by atoms with Crippen LogP contribution < -0.4 is 20.3 Å². The SMILES string of the molecule is C=CCNC(=O)C1C2C(=O)OC(c3ccccc3)C(c3ccccc3)N2C(c2cccc(OCCO)c2)C12C(=O)N(C(=O)NC(C)c1ccccc1)c1ccc(C#CCn3nnc4ccccc43)cc12. The maximum atomic E-state index is 16.6. The third-order valence-electron chi connectivity index (χ3n) is 13.4. The number of aliphatic hydroxyl groups excluding tert-OH is 1. The number of hydrogen-bond donors (Lipinski definition) is 3. The lowest BCUT2D eigenvalue weighted by molar-refractivity contribution is -0.178. The summed E-state index contributed by atoms with van der Waals surface area (Å²) in [5, 5.41) is 24.4. The second-order valence-electron chi connectivity index (χ2n) is 17.4. The number of imide groups is 1. The summed E-state index contributed by atoms with van der Waals surface area (Å²) in [7, 11) is 0. The van der Waals surface area contributed by atoms with Gasteiger partial charge in [0.15, 0.2) is 0 Å². The second-order valence-corrected chi connectivity index (χ2v) is 17.4. The largest absolute Gasteiger partial charge is 0.491 e. The van der Waals surface area contributed by atoms with Gasteiger partial charge in [0.1, 0.15) is 42.0 Å². The van der Waals surface area contributed by atoms with Gasteiger partial charge < -0.3 is 25.2 Å². The molecule has 4 amide bonds. The number of carbonyl (C=O) groups excluding carboxylic acids is 4. The van der Waals surface area contributed by atoms with Crippen LogP contribution in [0.1, 0.15) is 64.5 Å². The number of ether oxygens (including phenoxy) is 2. The monoisotopic (exact) mass is 931 g/mol. The number of benzene rings is 6. The lowest BCUT2D eigenvalue weighted by atomic mass is 9.65. The molecule has 2 fully saturated rings. The van der Waals surface area contributed by atoms with Gasteiger partial charge in [-0.05, 0) is 77.2 Å². The minimum atomic E-state index is -2.02. The van der Waals surface area contributed by atoms with Crippen molar-refractivity contribution in [2.24, 2.45) is 5.92 Å². The number of amides is 4. The molecule has 7 unspecified atom stereocenters. The first-order valence-corrected chi connectivity index (χ1v) is 23.2. The summed E-state index contributed by atoms with van der Waals surface area (Å²) in [6, 6.07) is 43.6. The van der Waals surface area contributed by atoms with Crippen molar-refractivity contribution in [1.29, 1.82) is 0 Å². The number of hydrogen-bond acceptors (Lipinski definition) is 10. The van der Waals surface area contributed by atoms with Crippen molar-refractivity contribution in [3.8, 4) is 17.6 Å². The minimum absolute atomic E-state index is 0.0133. The Morgan fingerprint density at radius 3 is 2.30 bits per heavy atom. The molecule has 3 aliphatic heterocycles. The van der Waals surface area contributed by atoms with Gasteiger partial charge in [0.25, 0.3) is 0 Å². The summed E-state index contributed by atoms with van der Waals surface area (Å²) in [6.07, 6.45) is 0.609. The number of aliphatic hydroxyl groups is 1. The van der Waals surface area contributed by atoms with E-state index in [-0.39, 0.29) is 32.0 Å². The lowest BCUT2D eigenvalue weighted by Gasteiger charge is -2.46.